The average molecular weight is 371 g/mol. The van der Waals surface area contributed by atoms with Crippen molar-refractivity contribution >= 4 is 33.3 Å². The van der Waals surface area contributed by atoms with Crippen molar-refractivity contribution in [1.29, 1.82) is 0 Å². The number of thiophene rings is 1. The highest BCUT2D eigenvalue weighted by Crippen LogP contribution is 2.34. The lowest BCUT2D eigenvalue weighted by Gasteiger charge is -2.14. The van der Waals surface area contributed by atoms with Crippen LogP contribution in [0.5, 0.6) is 0 Å². The Morgan fingerprint density at radius 3 is 2.80 bits per heavy atom. The van der Waals surface area contributed by atoms with Crippen molar-refractivity contribution in [1.82, 2.24) is 9.55 Å². The van der Waals surface area contributed by atoms with Crippen molar-refractivity contribution in [2.24, 2.45) is 0 Å². The van der Waals surface area contributed by atoms with Crippen molar-refractivity contribution in [2.75, 3.05) is 5.75 Å². The van der Waals surface area contributed by atoms with Gasteiger partial charge in [0.2, 0.25) is 0 Å². The Balaban J connectivity index is 2.05. The van der Waals surface area contributed by atoms with Gasteiger partial charge in [-0.1, -0.05) is 43.3 Å². The second-order valence-electron chi connectivity index (χ2n) is 6.50. The molecule has 4 rings (SSSR count). The fourth-order valence-corrected chi connectivity index (χ4v) is 5.65. The third-order valence-electron chi connectivity index (χ3n) is 4.84. The Morgan fingerprint density at radius 1 is 1.20 bits per heavy atom. The van der Waals surface area contributed by atoms with E-state index in [4.69, 9.17) is 4.98 Å². The zero-order valence-corrected chi connectivity index (χ0v) is 16.3. The maximum absolute atomic E-state index is 13.5. The first-order chi connectivity index (χ1) is 12.2. The molecule has 0 saturated carbocycles. The van der Waals surface area contributed by atoms with Crippen LogP contribution in [0.15, 0.2) is 34.2 Å². The topological polar surface area (TPSA) is 34.9 Å². The average Bonchev–Trinajstić information content (AvgIpc) is 2.78. The van der Waals surface area contributed by atoms with Crippen LogP contribution in [0.25, 0.3) is 15.9 Å². The largest absolute Gasteiger partial charge is 0.268 e. The van der Waals surface area contributed by atoms with Gasteiger partial charge in [0.25, 0.3) is 5.56 Å². The number of para-hydroxylation sites is 1. The molecule has 2 aromatic heterocycles. The molecule has 0 atom stereocenters. The lowest BCUT2D eigenvalue weighted by molar-refractivity contribution is 0.713. The molecule has 5 heteroatoms. The van der Waals surface area contributed by atoms with Gasteiger partial charge in [-0.15, -0.1) is 11.3 Å². The van der Waals surface area contributed by atoms with Crippen molar-refractivity contribution in [3.63, 3.8) is 0 Å². The number of rotatable bonds is 3. The van der Waals surface area contributed by atoms with Crippen LogP contribution < -0.4 is 5.56 Å². The van der Waals surface area contributed by atoms with Gasteiger partial charge in [0.15, 0.2) is 5.16 Å². The van der Waals surface area contributed by atoms with Crippen LogP contribution in [-0.2, 0) is 12.8 Å². The quantitative estimate of drug-likeness (QED) is 0.364. The molecule has 0 unspecified atom stereocenters. The SMILES string of the molecule is CCSc1nc2sc3c(c2c(=O)n1-c1ccccc1C)CCCCC3. The lowest BCUT2D eigenvalue weighted by atomic mass is 10.1. The third-order valence-corrected chi connectivity index (χ3v) is 6.84. The van der Waals surface area contributed by atoms with Crippen LogP contribution >= 0.6 is 23.1 Å². The molecule has 3 nitrogen and oxygen atoms in total. The molecule has 1 aliphatic rings. The Morgan fingerprint density at radius 2 is 2.00 bits per heavy atom. The minimum Gasteiger partial charge on any atom is -0.268 e. The predicted molar refractivity (Wildman–Crippen MR) is 108 cm³/mol. The van der Waals surface area contributed by atoms with Crippen molar-refractivity contribution in [3.05, 3.63) is 50.6 Å². The zero-order chi connectivity index (χ0) is 17.4. The Kier molecular flexibility index (Phi) is 4.69. The number of benzene rings is 1. The summed E-state index contributed by atoms with van der Waals surface area (Å²) < 4.78 is 1.84. The molecule has 0 N–H and O–H groups in total. The first kappa shape index (κ1) is 16.9. The highest BCUT2D eigenvalue weighted by molar-refractivity contribution is 7.99. The molecule has 0 fully saturated rings. The monoisotopic (exact) mass is 370 g/mol. The summed E-state index contributed by atoms with van der Waals surface area (Å²) in [6.45, 7) is 4.16. The van der Waals surface area contributed by atoms with E-state index >= 15 is 0 Å². The summed E-state index contributed by atoms with van der Waals surface area (Å²) in [6.07, 6.45) is 5.76. The molecule has 0 saturated heterocycles. The lowest BCUT2D eigenvalue weighted by Crippen LogP contribution is -2.22. The second kappa shape index (κ2) is 6.96. The summed E-state index contributed by atoms with van der Waals surface area (Å²) >= 11 is 3.38. The number of hydrogen-bond acceptors (Lipinski definition) is 4. The molecule has 2 heterocycles. The highest BCUT2D eigenvalue weighted by atomic mass is 32.2. The van der Waals surface area contributed by atoms with Crippen LogP contribution in [0.3, 0.4) is 0 Å². The summed E-state index contributed by atoms with van der Waals surface area (Å²) in [4.78, 5) is 20.8. The van der Waals surface area contributed by atoms with Gasteiger partial charge in [-0.05, 0) is 55.6 Å². The Bertz CT molecular complexity index is 987. The van der Waals surface area contributed by atoms with Gasteiger partial charge in [-0.3, -0.25) is 9.36 Å². The van der Waals surface area contributed by atoms with Gasteiger partial charge in [0, 0.05) is 4.88 Å². The van der Waals surface area contributed by atoms with Gasteiger partial charge in [-0.25, -0.2) is 4.98 Å². The summed E-state index contributed by atoms with van der Waals surface area (Å²) in [5.41, 5.74) is 3.43. The minimum atomic E-state index is 0.106. The Hall–Kier alpha value is -1.59. The normalized spacial score (nSPS) is 14.5. The fraction of sp³-hybridized carbons (Fsp3) is 0.400. The first-order valence-electron chi connectivity index (χ1n) is 8.96. The number of fused-ring (bicyclic) bond motifs is 3. The third kappa shape index (κ3) is 2.93. The van der Waals surface area contributed by atoms with Crippen LogP contribution in [-0.4, -0.2) is 15.3 Å². The van der Waals surface area contributed by atoms with Crippen LogP contribution in [0.1, 0.15) is 42.2 Å². The summed E-state index contributed by atoms with van der Waals surface area (Å²) in [6, 6.07) is 8.09. The fourth-order valence-electron chi connectivity index (χ4n) is 3.62. The van der Waals surface area contributed by atoms with Gasteiger partial charge >= 0.3 is 0 Å². The van der Waals surface area contributed by atoms with Gasteiger partial charge in [0.05, 0.1) is 11.1 Å². The summed E-state index contributed by atoms with van der Waals surface area (Å²) in [7, 11) is 0. The maximum atomic E-state index is 13.5. The van der Waals surface area contributed by atoms with Crippen LogP contribution in [0.2, 0.25) is 0 Å². The number of aromatic nitrogens is 2. The van der Waals surface area contributed by atoms with E-state index in [1.165, 1.54) is 29.7 Å². The van der Waals surface area contributed by atoms with E-state index in [1.807, 2.05) is 22.8 Å². The maximum Gasteiger partial charge on any atom is 0.267 e. The molecule has 1 aliphatic carbocycles. The predicted octanol–water partition coefficient (Wildman–Crippen LogP) is 5.14. The summed E-state index contributed by atoms with van der Waals surface area (Å²) in [5.74, 6) is 0.898. The smallest absolute Gasteiger partial charge is 0.267 e. The van der Waals surface area contributed by atoms with Gasteiger partial charge in [-0.2, -0.15) is 0 Å². The molecular weight excluding hydrogens is 348 g/mol. The van der Waals surface area contributed by atoms with Crippen molar-refractivity contribution < 1.29 is 0 Å². The van der Waals surface area contributed by atoms with E-state index < -0.39 is 0 Å². The van der Waals surface area contributed by atoms with Gasteiger partial charge in [0.1, 0.15) is 4.83 Å². The number of nitrogens with zero attached hydrogens (tertiary/aromatic N) is 2. The van der Waals surface area contributed by atoms with Crippen molar-refractivity contribution in [3.8, 4) is 5.69 Å². The van der Waals surface area contributed by atoms with Crippen LogP contribution in [0.4, 0.5) is 0 Å². The number of hydrogen-bond donors (Lipinski definition) is 0. The molecule has 130 valence electrons. The van der Waals surface area contributed by atoms with E-state index in [-0.39, 0.29) is 5.56 Å². The standard InChI is InChI=1S/C20H22N2OS2/c1-3-24-20-21-18-17(14-10-5-4-6-12-16(14)25-18)19(23)22(20)15-11-8-7-9-13(15)2/h7-9,11H,3-6,10,12H2,1-2H3. The second-order valence-corrected chi connectivity index (χ2v) is 8.81. The Labute approximate surface area is 156 Å². The van der Waals surface area contributed by atoms with Crippen molar-refractivity contribution in [2.45, 2.75) is 51.1 Å². The molecule has 0 aliphatic heterocycles. The molecule has 0 bridgehead atoms. The molecule has 1 aromatic carbocycles. The molecule has 0 spiro atoms. The van der Waals surface area contributed by atoms with E-state index in [1.54, 1.807) is 23.1 Å². The van der Waals surface area contributed by atoms with E-state index in [2.05, 4.69) is 19.9 Å². The highest BCUT2D eigenvalue weighted by Gasteiger charge is 2.22. The first-order valence-corrected chi connectivity index (χ1v) is 10.8. The molecular formula is C20H22N2OS2. The summed E-state index contributed by atoms with van der Waals surface area (Å²) in [5, 5.41) is 1.68. The minimum absolute atomic E-state index is 0.106. The van der Waals surface area contributed by atoms with E-state index in [0.29, 0.717) is 0 Å². The van der Waals surface area contributed by atoms with E-state index in [9.17, 15) is 4.79 Å². The molecule has 0 radical (unpaired) electrons. The zero-order valence-electron chi connectivity index (χ0n) is 14.7. The van der Waals surface area contributed by atoms with E-state index in [0.717, 1.165) is 45.2 Å². The van der Waals surface area contributed by atoms with Gasteiger partial charge < -0.3 is 0 Å². The molecule has 0 amide bonds. The van der Waals surface area contributed by atoms with Crippen LogP contribution in [0, 0.1) is 6.92 Å². The number of thioether (sulfide) groups is 1. The molecule has 3 aromatic rings. The molecule has 25 heavy (non-hydrogen) atoms. The number of aryl methyl sites for hydroxylation is 3.